The lowest BCUT2D eigenvalue weighted by atomic mass is 10.3. The second-order valence-corrected chi connectivity index (χ2v) is 5.21. The van der Waals surface area contributed by atoms with Crippen LogP contribution in [-0.2, 0) is 4.79 Å². The first-order valence-corrected chi connectivity index (χ1v) is 6.54. The monoisotopic (exact) mass is 231 g/mol. The molecule has 88 valence electrons. The number of nitrogens with zero attached hydrogens (tertiary/aromatic N) is 2. The predicted molar refractivity (Wildman–Crippen MR) is 65.1 cm³/mol. The van der Waals surface area contributed by atoms with E-state index in [1.807, 2.05) is 11.8 Å². The number of carbonyl (C=O) groups is 1. The molecule has 1 fully saturated rings. The molecule has 1 atom stereocenters. The van der Waals surface area contributed by atoms with Gasteiger partial charge in [0.1, 0.15) is 0 Å². The van der Waals surface area contributed by atoms with Crippen LogP contribution < -0.4 is 5.73 Å². The molecule has 2 N–H and O–H groups in total. The third-order valence-electron chi connectivity index (χ3n) is 2.46. The lowest BCUT2D eigenvalue weighted by Gasteiger charge is -2.32. The Morgan fingerprint density at radius 2 is 2.00 bits per heavy atom. The van der Waals surface area contributed by atoms with Gasteiger partial charge in [0.2, 0.25) is 5.91 Å². The van der Waals surface area contributed by atoms with Crippen molar-refractivity contribution in [1.29, 1.82) is 0 Å². The van der Waals surface area contributed by atoms with Gasteiger partial charge in [0.05, 0.1) is 5.75 Å². The van der Waals surface area contributed by atoms with E-state index in [9.17, 15) is 4.79 Å². The van der Waals surface area contributed by atoms with E-state index in [1.165, 1.54) is 0 Å². The summed E-state index contributed by atoms with van der Waals surface area (Å²) in [5, 5.41) is 0. The molecule has 0 saturated carbocycles. The number of rotatable bonds is 4. The van der Waals surface area contributed by atoms with Gasteiger partial charge in [0.25, 0.3) is 0 Å². The molecule has 1 aliphatic rings. The van der Waals surface area contributed by atoms with Gasteiger partial charge < -0.3 is 15.5 Å². The Morgan fingerprint density at radius 3 is 2.53 bits per heavy atom. The number of likely N-dealkylation sites (N-methyl/N-ethyl adjacent to an activating group) is 1. The zero-order valence-corrected chi connectivity index (χ0v) is 10.4. The zero-order valence-electron chi connectivity index (χ0n) is 9.61. The average Bonchev–Trinajstić information content (AvgIpc) is 2.18. The number of thioether (sulfide) groups is 1. The zero-order chi connectivity index (χ0) is 11.3. The maximum absolute atomic E-state index is 11.7. The summed E-state index contributed by atoms with van der Waals surface area (Å²) in [4.78, 5) is 15.9. The van der Waals surface area contributed by atoms with E-state index in [0.717, 1.165) is 31.9 Å². The highest BCUT2D eigenvalue weighted by molar-refractivity contribution is 7.99. The van der Waals surface area contributed by atoms with Gasteiger partial charge in [-0.15, -0.1) is 0 Å². The van der Waals surface area contributed by atoms with E-state index in [4.69, 9.17) is 5.73 Å². The van der Waals surface area contributed by atoms with Crippen LogP contribution in [0.1, 0.15) is 6.92 Å². The molecule has 0 aromatic heterocycles. The second kappa shape index (κ2) is 6.35. The number of carbonyl (C=O) groups excluding carboxylic acids is 1. The van der Waals surface area contributed by atoms with E-state index < -0.39 is 0 Å². The molecule has 0 radical (unpaired) electrons. The van der Waals surface area contributed by atoms with Crippen molar-refractivity contribution < 1.29 is 4.79 Å². The first kappa shape index (κ1) is 12.8. The Balaban J connectivity index is 2.17. The number of hydrogen-bond acceptors (Lipinski definition) is 4. The highest BCUT2D eigenvalue weighted by Crippen LogP contribution is 2.06. The number of amides is 1. The van der Waals surface area contributed by atoms with Gasteiger partial charge >= 0.3 is 0 Å². The van der Waals surface area contributed by atoms with Gasteiger partial charge in [-0.25, -0.2) is 0 Å². The smallest absolute Gasteiger partial charge is 0.232 e. The molecule has 4 nitrogen and oxygen atoms in total. The summed E-state index contributed by atoms with van der Waals surface area (Å²) in [5.41, 5.74) is 5.62. The fourth-order valence-electron chi connectivity index (χ4n) is 1.48. The van der Waals surface area contributed by atoms with Crippen LogP contribution in [0.2, 0.25) is 0 Å². The molecule has 1 saturated heterocycles. The topological polar surface area (TPSA) is 49.6 Å². The minimum absolute atomic E-state index is 0.176. The minimum atomic E-state index is 0.176. The summed E-state index contributed by atoms with van der Waals surface area (Å²) in [6.07, 6.45) is 0. The molecule has 0 spiro atoms. The Labute approximate surface area is 96.2 Å². The van der Waals surface area contributed by atoms with Crippen molar-refractivity contribution in [3.63, 3.8) is 0 Å². The number of hydrogen-bond donors (Lipinski definition) is 1. The van der Waals surface area contributed by atoms with E-state index in [-0.39, 0.29) is 11.9 Å². The van der Waals surface area contributed by atoms with Gasteiger partial charge in [-0.2, -0.15) is 11.8 Å². The van der Waals surface area contributed by atoms with Crippen molar-refractivity contribution in [2.24, 2.45) is 5.73 Å². The maximum Gasteiger partial charge on any atom is 0.232 e. The Morgan fingerprint density at radius 1 is 1.40 bits per heavy atom. The maximum atomic E-state index is 11.7. The van der Waals surface area contributed by atoms with Crippen molar-refractivity contribution in [2.75, 3.05) is 44.7 Å². The first-order chi connectivity index (χ1) is 7.09. The molecule has 0 bridgehead atoms. The molecular weight excluding hydrogens is 210 g/mol. The summed E-state index contributed by atoms with van der Waals surface area (Å²) in [6.45, 7) is 5.68. The Bertz CT molecular complexity index is 203. The predicted octanol–water partition coefficient (Wildman–Crippen LogP) is -0.159. The van der Waals surface area contributed by atoms with Gasteiger partial charge in [0.15, 0.2) is 0 Å². The molecule has 1 unspecified atom stereocenters. The van der Waals surface area contributed by atoms with Crippen molar-refractivity contribution in [1.82, 2.24) is 9.80 Å². The van der Waals surface area contributed by atoms with Gasteiger partial charge in [0, 0.05) is 38.0 Å². The summed E-state index contributed by atoms with van der Waals surface area (Å²) in [5.74, 6) is 1.69. The number of piperazine rings is 1. The van der Waals surface area contributed by atoms with Crippen LogP contribution in [0, 0.1) is 0 Å². The highest BCUT2D eigenvalue weighted by atomic mass is 32.2. The van der Waals surface area contributed by atoms with E-state index in [1.54, 1.807) is 11.8 Å². The van der Waals surface area contributed by atoms with Gasteiger partial charge in [-0.05, 0) is 14.0 Å². The van der Waals surface area contributed by atoms with Crippen LogP contribution in [0.3, 0.4) is 0 Å². The summed E-state index contributed by atoms with van der Waals surface area (Å²) in [6, 6.07) is 0.176. The average molecular weight is 231 g/mol. The Kier molecular flexibility index (Phi) is 5.42. The molecule has 1 rings (SSSR count). The van der Waals surface area contributed by atoms with Crippen LogP contribution in [0.15, 0.2) is 0 Å². The molecule has 0 aliphatic carbocycles. The van der Waals surface area contributed by atoms with Crippen LogP contribution in [0.4, 0.5) is 0 Å². The van der Waals surface area contributed by atoms with E-state index >= 15 is 0 Å². The molecular formula is C10H21N3OS. The Hall–Kier alpha value is -0.260. The van der Waals surface area contributed by atoms with Crippen molar-refractivity contribution >= 4 is 17.7 Å². The van der Waals surface area contributed by atoms with E-state index in [2.05, 4.69) is 11.9 Å². The molecule has 1 heterocycles. The standard InChI is InChI=1S/C10H21N3OS/c1-9(11)7-15-8-10(14)13-5-3-12(2)4-6-13/h9H,3-8,11H2,1-2H3. The normalized spacial score (nSPS) is 20.3. The summed E-state index contributed by atoms with van der Waals surface area (Å²) >= 11 is 1.63. The number of nitrogens with two attached hydrogens (primary N) is 1. The lowest BCUT2D eigenvalue weighted by Crippen LogP contribution is -2.47. The van der Waals surface area contributed by atoms with Crippen LogP contribution in [0.5, 0.6) is 0 Å². The largest absolute Gasteiger partial charge is 0.339 e. The van der Waals surface area contributed by atoms with Gasteiger partial charge in [-0.1, -0.05) is 0 Å². The molecule has 1 aliphatic heterocycles. The molecule has 1 amide bonds. The van der Waals surface area contributed by atoms with Crippen molar-refractivity contribution in [3.8, 4) is 0 Å². The highest BCUT2D eigenvalue weighted by Gasteiger charge is 2.18. The SMILES string of the molecule is CC(N)CSCC(=O)N1CCN(C)CC1. The third kappa shape index (κ3) is 4.86. The van der Waals surface area contributed by atoms with Crippen LogP contribution in [-0.4, -0.2) is 66.5 Å². The second-order valence-electron chi connectivity index (χ2n) is 4.18. The summed E-state index contributed by atoms with van der Waals surface area (Å²) in [7, 11) is 2.09. The molecule has 0 aromatic rings. The van der Waals surface area contributed by atoms with Gasteiger partial charge in [-0.3, -0.25) is 4.79 Å². The quantitative estimate of drug-likeness (QED) is 0.730. The van der Waals surface area contributed by atoms with Crippen LogP contribution >= 0.6 is 11.8 Å². The minimum Gasteiger partial charge on any atom is -0.339 e. The fraction of sp³-hybridized carbons (Fsp3) is 0.900. The first-order valence-electron chi connectivity index (χ1n) is 5.39. The summed E-state index contributed by atoms with van der Waals surface area (Å²) < 4.78 is 0. The van der Waals surface area contributed by atoms with Crippen molar-refractivity contribution in [3.05, 3.63) is 0 Å². The molecule has 15 heavy (non-hydrogen) atoms. The van der Waals surface area contributed by atoms with Crippen molar-refractivity contribution in [2.45, 2.75) is 13.0 Å². The fourth-order valence-corrected chi connectivity index (χ4v) is 2.33. The lowest BCUT2D eigenvalue weighted by molar-refractivity contribution is -0.129. The molecule has 0 aromatic carbocycles. The third-order valence-corrected chi connectivity index (χ3v) is 3.67. The van der Waals surface area contributed by atoms with Crippen LogP contribution in [0.25, 0.3) is 0 Å². The molecule has 5 heteroatoms. The van der Waals surface area contributed by atoms with E-state index in [0.29, 0.717) is 5.75 Å².